The number of hydrogen-bond acceptors (Lipinski definition) is 7. The zero-order chi connectivity index (χ0) is 12.5. The smallest absolute Gasteiger partial charge is 0.182 e. The maximum absolute atomic E-state index is 11.5. The van der Waals surface area contributed by atoms with Gasteiger partial charge in [0.05, 0.1) is 12.2 Å². The number of nitrogens with zero attached hydrogens (tertiary/aromatic N) is 2. The predicted molar refractivity (Wildman–Crippen MR) is 65.6 cm³/mol. The van der Waals surface area contributed by atoms with Crippen molar-refractivity contribution in [3.05, 3.63) is 18.0 Å². The molecule has 0 aliphatic heterocycles. The standard InChI is InChI=1S/C8H11N5O2S2/c1-17(14,15)6-7(9)13-16-8(6)10-4-5-2-3-11-12-5/h2-3,10H,4H2,1H3,(H2,9,13)(H,11,12). The predicted octanol–water partition coefficient (Wildman–Crippen LogP) is 0.464. The number of sulfone groups is 1. The molecule has 0 saturated carbocycles. The highest BCUT2D eigenvalue weighted by atomic mass is 32.2. The molecule has 0 radical (unpaired) electrons. The Hall–Kier alpha value is -1.61. The van der Waals surface area contributed by atoms with Crippen LogP contribution in [0.3, 0.4) is 0 Å². The summed E-state index contributed by atoms with van der Waals surface area (Å²) in [5.74, 6) is 0.0320. The molecule has 0 aliphatic rings. The summed E-state index contributed by atoms with van der Waals surface area (Å²) in [6.45, 7) is 0.435. The first-order valence-corrected chi connectivity index (χ1v) is 7.32. The molecular formula is C8H11N5O2S2. The fourth-order valence-corrected chi connectivity index (χ4v) is 3.39. The molecule has 0 atom stereocenters. The number of hydrogen-bond donors (Lipinski definition) is 3. The van der Waals surface area contributed by atoms with Crippen molar-refractivity contribution in [2.45, 2.75) is 11.4 Å². The molecule has 0 aliphatic carbocycles. The molecule has 0 amide bonds. The summed E-state index contributed by atoms with van der Waals surface area (Å²) in [5, 5.41) is 9.97. The van der Waals surface area contributed by atoms with Crippen LogP contribution in [0.4, 0.5) is 10.8 Å². The van der Waals surface area contributed by atoms with Gasteiger partial charge >= 0.3 is 0 Å². The lowest BCUT2D eigenvalue weighted by Gasteiger charge is -2.03. The van der Waals surface area contributed by atoms with Gasteiger partial charge in [-0.1, -0.05) is 0 Å². The lowest BCUT2D eigenvalue weighted by molar-refractivity contribution is 0.602. The van der Waals surface area contributed by atoms with Gasteiger partial charge in [0.25, 0.3) is 0 Å². The van der Waals surface area contributed by atoms with E-state index < -0.39 is 9.84 Å². The van der Waals surface area contributed by atoms with Crippen molar-refractivity contribution in [2.24, 2.45) is 0 Å². The summed E-state index contributed by atoms with van der Waals surface area (Å²) in [6, 6.07) is 1.79. The summed E-state index contributed by atoms with van der Waals surface area (Å²) in [7, 11) is -3.38. The number of rotatable bonds is 4. The van der Waals surface area contributed by atoms with Gasteiger partial charge in [-0.25, -0.2) is 8.42 Å². The molecule has 2 aromatic rings. The minimum atomic E-state index is -3.38. The molecule has 0 aromatic carbocycles. The lowest BCUT2D eigenvalue weighted by atomic mass is 10.4. The fraction of sp³-hybridized carbons (Fsp3) is 0.250. The van der Waals surface area contributed by atoms with Crippen LogP contribution in [0.2, 0.25) is 0 Å². The Morgan fingerprint density at radius 3 is 2.94 bits per heavy atom. The zero-order valence-electron chi connectivity index (χ0n) is 8.97. The second-order valence-corrected chi connectivity index (χ2v) is 6.16. The van der Waals surface area contributed by atoms with Gasteiger partial charge in [0, 0.05) is 12.5 Å². The highest BCUT2D eigenvalue weighted by molar-refractivity contribution is 7.91. The number of H-pyrrole nitrogens is 1. The number of anilines is 2. The van der Waals surface area contributed by atoms with Crippen LogP contribution in [0.5, 0.6) is 0 Å². The van der Waals surface area contributed by atoms with Crippen molar-refractivity contribution >= 4 is 32.2 Å². The van der Waals surface area contributed by atoms with E-state index in [1.807, 2.05) is 0 Å². The number of nitrogens with two attached hydrogens (primary N) is 1. The van der Waals surface area contributed by atoms with E-state index in [2.05, 4.69) is 19.9 Å². The van der Waals surface area contributed by atoms with E-state index in [1.54, 1.807) is 12.3 Å². The van der Waals surface area contributed by atoms with Crippen molar-refractivity contribution < 1.29 is 8.42 Å². The van der Waals surface area contributed by atoms with Gasteiger partial charge < -0.3 is 11.1 Å². The second-order valence-electron chi connectivity index (χ2n) is 3.43. The maximum atomic E-state index is 11.5. The molecule has 2 rings (SSSR count). The number of nitrogen functional groups attached to an aromatic ring is 1. The molecular weight excluding hydrogens is 262 g/mol. The van der Waals surface area contributed by atoms with Crippen molar-refractivity contribution in [1.82, 2.24) is 14.6 Å². The first kappa shape index (κ1) is 11.9. The molecule has 17 heavy (non-hydrogen) atoms. The van der Waals surface area contributed by atoms with Gasteiger partial charge in [-0.15, -0.1) is 0 Å². The third kappa shape index (κ3) is 2.56. The normalized spacial score (nSPS) is 11.6. The quantitative estimate of drug-likeness (QED) is 0.746. The first-order valence-electron chi connectivity index (χ1n) is 4.66. The van der Waals surface area contributed by atoms with Crippen LogP contribution < -0.4 is 11.1 Å². The van der Waals surface area contributed by atoms with Crippen LogP contribution in [0.1, 0.15) is 5.69 Å². The summed E-state index contributed by atoms with van der Waals surface area (Å²) in [6.07, 6.45) is 2.73. The average molecular weight is 273 g/mol. The zero-order valence-corrected chi connectivity index (χ0v) is 10.6. The average Bonchev–Trinajstić information content (AvgIpc) is 2.82. The molecule has 0 unspecified atom stereocenters. The van der Waals surface area contributed by atoms with Crippen LogP contribution >= 0.6 is 11.5 Å². The van der Waals surface area contributed by atoms with E-state index in [0.717, 1.165) is 23.5 Å². The number of aromatic nitrogens is 3. The van der Waals surface area contributed by atoms with Gasteiger partial charge in [-0.2, -0.15) is 9.47 Å². The maximum Gasteiger partial charge on any atom is 0.182 e. The minimum absolute atomic E-state index is 0.0320. The van der Waals surface area contributed by atoms with Crippen LogP contribution in [0, 0.1) is 0 Å². The van der Waals surface area contributed by atoms with E-state index in [4.69, 9.17) is 5.73 Å². The first-order chi connectivity index (χ1) is 7.98. The van der Waals surface area contributed by atoms with Gasteiger partial charge in [-0.05, 0) is 17.6 Å². The molecule has 7 nitrogen and oxygen atoms in total. The van der Waals surface area contributed by atoms with E-state index in [9.17, 15) is 8.42 Å². The number of aromatic amines is 1. The third-order valence-corrected chi connectivity index (χ3v) is 4.15. The molecule has 9 heteroatoms. The van der Waals surface area contributed by atoms with E-state index in [0.29, 0.717) is 11.5 Å². The second kappa shape index (κ2) is 4.34. The third-order valence-electron chi connectivity index (χ3n) is 2.04. The Bertz CT molecular complexity index is 602. The Morgan fingerprint density at radius 1 is 1.59 bits per heavy atom. The van der Waals surface area contributed by atoms with Crippen LogP contribution in [-0.2, 0) is 16.4 Å². The van der Waals surface area contributed by atoms with Gasteiger partial charge in [0.2, 0.25) is 0 Å². The molecule has 0 bridgehead atoms. The monoisotopic (exact) mass is 273 g/mol. The highest BCUT2D eigenvalue weighted by Gasteiger charge is 2.20. The number of nitrogens with one attached hydrogen (secondary N) is 2. The largest absolute Gasteiger partial charge is 0.382 e. The molecule has 0 saturated heterocycles. The van der Waals surface area contributed by atoms with Gasteiger partial charge in [0.1, 0.15) is 9.90 Å². The molecule has 4 N–H and O–H groups in total. The molecule has 2 heterocycles. The summed E-state index contributed by atoms with van der Waals surface area (Å²) in [4.78, 5) is 0.0574. The highest BCUT2D eigenvalue weighted by Crippen LogP contribution is 2.31. The summed E-state index contributed by atoms with van der Waals surface area (Å²) < 4.78 is 26.9. The van der Waals surface area contributed by atoms with E-state index in [1.165, 1.54) is 0 Å². The lowest BCUT2D eigenvalue weighted by Crippen LogP contribution is -2.06. The molecule has 0 fully saturated rings. The summed E-state index contributed by atoms with van der Waals surface area (Å²) in [5.41, 5.74) is 6.38. The molecule has 2 aromatic heterocycles. The van der Waals surface area contributed by atoms with Gasteiger partial charge in [0.15, 0.2) is 15.7 Å². The fourth-order valence-electron chi connectivity index (χ4n) is 1.32. The van der Waals surface area contributed by atoms with E-state index >= 15 is 0 Å². The van der Waals surface area contributed by atoms with Crippen molar-refractivity contribution in [1.29, 1.82) is 0 Å². The van der Waals surface area contributed by atoms with Crippen molar-refractivity contribution in [3.8, 4) is 0 Å². The molecule has 0 spiro atoms. The van der Waals surface area contributed by atoms with Crippen LogP contribution in [0.15, 0.2) is 17.2 Å². The topological polar surface area (TPSA) is 114 Å². The molecule has 92 valence electrons. The van der Waals surface area contributed by atoms with Crippen molar-refractivity contribution in [2.75, 3.05) is 17.3 Å². The Kier molecular flexibility index (Phi) is 3.03. The summed E-state index contributed by atoms with van der Waals surface area (Å²) >= 11 is 1.03. The van der Waals surface area contributed by atoms with Crippen LogP contribution in [-0.4, -0.2) is 29.2 Å². The van der Waals surface area contributed by atoms with E-state index in [-0.39, 0.29) is 10.7 Å². The SMILES string of the molecule is CS(=O)(=O)c1c(N)nsc1NCc1ccn[nH]1. The van der Waals surface area contributed by atoms with Crippen molar-refractivity contribution in [3.63, 3.8) is 0 Å². The Morgan fingerprint density at radius 2 is 2.35 bits per heavy atom. The Balaban J connectivity index is 2.22. The van der Waals surface area contributed by atoms with Gasteiger partial charge in [-0.3, -0.25) is 5.10 Å². The van der Waals surface area contributed by atoms with Crippen LogP contribution in [0.25, 0.3) is 0 Å². The minimum Gasteiger partial charge on any atom is -0.382 e. The Labute approximate surface area is 102 Å².